The zero-order chi connectivity index (χ0) is 20.9. The molecule has 3 nitrogen and oxygen atoms in total. The minimum atomic E-state index is -0.0905. The van der Waals surface area contributed by atoms with Gasteiger partial charge in [-0.3, -0.25) is 4.79 Å². The van der Waals surface area contributed by atoms with Crippen LogP contribution in [0.2, 0.25) is 0 Å². The molecule has 3 fully saturated rings. The second kappa shape index (κ2) is 7.65. The predicted molar refractivity (Wildman–Crippen MR) is 120 cm³/mol. The van der Waals surface area contributed by atoms with E-state index in [4.69, 9.17) is 4.74 Å². The van der Waals surface area contributed by atoms with Crippen LogP contribution in [0.25, 0.3) is 0 Å². The summed E-state index contributed by atoms with van der Waals surface area (Å²) in [7, 11) is 0. The maximum atomic E-state index is 13.3. The summed E-state index contributed by atoms with van der Waals surface area (Å²) in [5, 5.41) is 3.54. The van der Waals surface area contributed by atoms with E-state index in [2.05, 4.69) is 50.4 Å². The topological polar surface area (TPSA) is 38.3 Å². The molecular formula is C27H39NO2. The first-order valence-electron chi connectivity index (χ1n) is 12.4. The maximum absolute atomic E-state index is 13.3. The lowest BCUT2D eigenvalue weighted by molar-refractivity contribution is -0.131. The molecule has 2 bridgehead atoms. The van der Waals surface area contributed by atoms with Gasteiger partial charge in [-0.15, -0.1) is 0 Å². The summed E-state index contributed by atoms with van der Waals surface area (Å²) in [5.74, 6) is 3.34. The Kier molecular flexibility index (Phi) is 5.24. The van der Waals surface area contributed by atoms with Crippen molar-refractivity contribution in [3.8, 4) is 0 Å². The molecule has 164 valence electrons. The van der Waals surface area contributed by atoms with Gasteiger partial charge in [0.25, 0.3) is 0 Å². The molecule has 3 heteroatoms. The summed E-state index contributed by atoms with van der Waals surface area (Å²) in [6.07, 6.45) is 10.7. The molecule has 1 heterocycles. The van der Waals surface area contributed by atoms with Crippen molar-refractivity contribution in [2.75, 3.05) is 0 Å². The largest absolute Gasteiger partial charge is 0.366 e. The molecular weight excluding hydrogens is 370 g/mol. The molecule has 3 aliphatic carbocycles. The van der Waals surface area contributed by atoms with Gasteiger partial charge >= 0.3 is 0 Å². The second-order valence-electron chi connectivity index (χ2n) is 11.6. The standard InChI is InChI=1S/C27H39NO2/c1-18-12-20-14-21(13-18)16-26(3,15-20)28-25(29)19(2)22-8-10-27(11-9-22)24-7-5-4-6-23(24)17-30-27/h4-7,18-22H,8-17H2,1-3H3,(H,28,29)/t18?,19?,20?,21?,22-,26?,27-. The highest BCUT2D eigenvalue weighted by Crippen LogP contribution is 2.50. The summed E-state index contributed by atoms with van der Waals surface area (Å²) in [6.45, 7) is 7.63. The number of fused-ring (bicyclic) bond motifs is 4. The Morgan fingerprint density at radius 2 is 1.77 bits per heavy atom. The molecule has 1 aliphatic heterocycles. The van der Waals surface area contributed by atoms with Gasteiger partial charge in [0.1, 0.15) is 0 Å². The first-order chi connectivity index (χ1) is 14.4. The fourth-order valence-electron chi connectivity index (χ4n) is 7.72. The zero-order valence-electron chi connectivity index (χ0n) is 19.1. The first-order valence-corrected chi connectivity index (χ1v) is 12.4. The number of nitrogens with one attached hydrogen (secondary N) is 1. The van der Waals surface area contributed by atoms with Crippen molar-refractivity contribution in [3.63, 3.8) is 0 Å². The molecule has 1 N–H and O–H groups in total. The number of ether oxygens (including phenoxy) is 1. The number of rotatable bonds is 3. The minimum Gasteiger partial charge on any atom is -0.366 e. The molecule has 3 saturated carbocycles. The van der Waals surface area contributed by atoms with E-state index in [9.17, 15) is 4.79 Å². The average molecular weight is 410 g/mol. The number of hydrogen-bond acceptors (Lipinski definition) is 2. The number of carbonyl (C=O) groups is 1. The highest BCUT2D eigenvalue weighted by atomic mass is 16.5. The van der Waals surface area contributed by atoms with Gasteiger partial charge in [0.15, 0.2) is 0 Å². The number of hydrogen-bond donors (Lipinski definition) is 1. The van der Waals surface area contributed by atoms with Crippen LogP contribution >= 0.6 is 0 Å². The molecule has 0 saturated heterocycles. The van der Waals surface area contributed by atoms with Crippen LogP contribution in [-0.2, 0) is 21.7 Å². The predicted octanol–water partition coefficient (Wildman–Crippen LogP) is 5.96. The Bertz CT molecular complexity index is 776. The van der Waals surface area contributed by atoms with E-state index in [-0.39, 0.29) is 17.1 Å². The number of benzene rings is 1. The molecule has 5 rings (SSSR count). The van der Waals surface area contributed by atoms with Gasteiger partial charge < -0.3 is 10.1 Å². The summed E-state index contributed by atoms with van der Waals surface area (Å²) in [6, 6.07) is 8.70. The van der Waals surface area contributed by atoms with Crippen molar-refractivity contribution in [2.24, 2.45) is 29.6 Å². The third kappa shape index (κ3) is 3.72. The lowest BCUT2D eigenvalue weighted by atomic mass is 9.62. The molecule has 4 aliphatic rings. The van der Waals surface area contributed by atoms with Crippen molar-refractivity contribution in [2.45, 2.75) is 96.3 Å². The van der Waals surface area contributed by atoms with Gasteiger partial charge in [0.2, 0.25) is 5.91 Å². The van der Waals surface area contributed by atoms with E-state index in [1.54, 1.807) is 0 Å². The third-order valence-electron chi connectivity index (χ3n) is 9.01. The lowest BCUT2D eigenvalue weighted by Crippen LogP contribution is -2.54. The van der Waals surface area contributed by atoms with Crippen LogP contribution in [0.5, 0.6) is 0 Å². The molecule has 1 amide bonds. The highest BCUT2D eigenvalue weighted by Gasteiger charge is 2.46. The van der Waals surface area contributed by atoms with E-state index >= 15 is 0 Å². The van der Waals surface area contributed by atoms with Gasteiger partial charge in [-0.05, 0) is 99.5 Å². The van der Waals surface area contributed by atoms with Crippen LogP contribution in [0.15, 0.2) is 24.3 Å². The van der Waals surface area contributed by atoms with Crippen LogP contribution < -0.4 is 5.32 Å². The van der Waals surface area contributed by atoms with Crippen LogP contribution in [0.3, 0.4) is 0 Å². The van der Waals surface area contributed by atoms with Crippen molar-refractivity contribution in [1.29, 1.82) is 0 Å². The maximum Gasteiger partial charge on any atom is 0.223 e. The monoisotopic (exact) mass is 409 g/mol. The van der Waals surface area contributed by atoms with E-state index in [1.807, 2.05) is 0 Å². The normalized spacial score (nSPS) is 41.3. The quantitative estimate of drug-likeness (QED) is 0.669. The molecule has 1 aromatic carbocycles. The molecule has 0 aromatic heterocycles. The van der Waals surface area contributed by atoms with Crippen molar-refractivity contribution in [1.82, 2.24) is 5.32 Å². The van der Waals surface area contributed by atoms with Crippen molar-refractivity contribution in [3.05, 3.63) is 35.4 Å². The highest BCUT2D eigenvalue weighted by molar-refractivity contribution is 5.79. The van der Waals surface area contributed by atoms with E-state index < -0.39 is 0 Å². The Morgan fingerprint density at radius 3 is 2.47 bits per heavy atom. The van der Waals surface area contributed by atoms with Gasteiger partial charge in [-0.2, -0.15) is 0 Å². The summed E-state index contributed by atoms with van der Waals surface area (Å²) < 4.78 is 6.33. The molecule has 30 heavy (non-hydrogen) atoms. The van der Waals surface area contributed by atoms with E-state index in [0.29, 0.717) is 11.8 Å². The van der Waals surface area contributed by atoms with Gasteiger partial charge in [0.05, 0.1) is 12.2 Å². The Balaban J connectivity index is 1.19. The SMILES string of the molecule is CC1CC2CC(C1)CC(C)(NC(=O)C(C)[C@H]1CC[C@@]3(CC1)OCc1ccccc13)C2. The number of carbonyl (C=O) groups excluding carboxylic acids is 1. The molecule has 3 atom stereocenters. The smallest absolute Gasteiger partial charge is 0.223 e. The Hall–Kier alpha value is -1.35. The zero-order valence-corrected chi connectivity index (χ0v) is 19.1. The average Bonchev–Trinajstić information content (AvgIpc) is 3.05. The van der Waals surface area contributed by atoms with Crippen LogP contribution in [0.1, 0.15) is 89.7 Å². The summed E-state index contributed by atoms with van der Waals surface area (Å²) >= 11 is 0. The van der Waals surface area contributed by atoms with Crippen molar-refractivity contribution < 1.29 is 9.53 Å². The number of amides is 1. The molecule has 0 radical (unpaired) electrons. The fourth-order valence-corrected chi connectivity index (χ4v) is 7.72. The van der Waals surface area contributed by atoms with Crippen LogP contribution in [0.4, 0.5) is 0 Å². The summed E-state index contributed by atoms with van der Waals surface area (Å²) in [4.78, 5) is 13.3. The fraction of sp³-hybridized carbons (Fsp3) is 0.741. The Morgan fingerprint density at radius 1 is 1.10 bits per heavy atom. The lowest BCUT2D eigenvalue weighted by Gasteiger charge is -2.48. The van der Waals surface area contributed by atoms with Crippen LogP contribution in [0, 0.1) is 29.6 Å². The third-order valence-corrected chi connectivity index (χ3v) is 9.01. The molecule has 3 unspecified atom stereocenters. The van der Waals surface area contributed by atoms with Crippen LogP contribution in [-0.4, -0.2) is 11.4 Å². The second-order valence-corrected chi connectivity index (χ2v) is 11.6. The van der Waals surface area contributed by atoms with Crippen molar-refractivity contribution >= 4 is 5.91 Å². The molecule has 1 spiro atoms. The van der Waals surface area contributed by atoms with Gasteiger partial charge in [-0.1, -0.05) is 38.1 Å². The Labute approximate surface area is 182 Å². The van der Waals surface area contributed by atoms with Gasteiger partial charge in [-0.25, -0.2) is 0 Å². The van der Waals surface area contributed by atoms with E-state index in [1.165, 1.54) is 43.2 Å². The molecule has 1 aromatic rings. The first kappa shape index (κ1) is 20.5. The van der Waals surface area contributed by atoms with Gasteiger partial charge in [0, 0.05) is 11.5 Å². The minimum absolute atomic E-state index is 0.00244. The van der Waals surface area contributed by atoms with E-state index in [0.717, 1.165) is 50.0 Å². The summed E-state index contributed by atoms with van der Waals surface area (Å²) in [5.41, 5.74) is 2.66.